The Morgan fingerprint density at radius 3 is 2.57 bits per heavy atom. The van der Waals surface area contributed by atoms with Crippen LogP contribution in [0, 0.1) is 5.82 Å². The number of carbonyl (C=O) groups is 1. The van der Waals surface area contributed by atoms with Crippen molar-refractivity contribution < 1.29 is 18.7 Å². The van der Waals surface area contributed by atoms with E-state index in [-0.39, 0.29) is 24.1 Å². The molecule has 0 aliphatic heterocycles. The van der Waals surface area contributed by atoms with Crippen molar-refractivity contribution in [3.63, 3.8) is 0 Å². The number of halogens is 1. The zero-order valence-corrected chi connectivity index (χ0v) is 20.4. The molecule has 1 aromatic heterocycles. The quantitative estimate of drug-likeness (QED) is 0.307. The van der Waals surface area contributed by atoms with Gasteiger partial charge in [0.15, 0.2) is 11.5 Å². The molecule has 1 amide bonds. The highest BCUT2D eigenvalue weighted by Crippen LogP contribution is 2.35. The van der Waals surface area contributed by atoms with Crippen LogP contribution < -0.4 is 14.8 Å². The zero-order chi connectivity index (χ0) is 24.8. The van der Waals surface area contributed by atoms with Crippen molar-refractivity contribution in [1.82, 2.24) is 10.3 Å². The number of amides is 1. The molecule has 1 heterocycles. The molecule has 182 valence electrons. The number of fused-ring (bicyclic) bond motifs is 1. The lowest BCUT2D eigenvalue weighted by Gasteiger charge is -2.18. The number of para-hydroxylation sites is 1. The van der Waals surface area contributed by atoms with E-state index >= 15 is 0 Å². The van der Waals surface area contributed by atoms with Crippen LogP contribution in [-0.2, 0) is 17.6 Å². The summed E-state index contributed by atoms with van der Waals surface area (Å²) in [6, 6.07) is 18.4. The van der Waals surface area contributed by atoms with E-state index in [1.807, 2.05) is 36.5 Å². The number of aromatic amines is 1. The molecule has 0 saturated carbocycles. The predicted molar refractivity (Wildman–Crippen MR) is 137 cm³/mol. The molecule has 5 nitrogen and oxygen atoms in total. The Kier molecular flexibility index (Phi) is 7.70. The molecule has 4 rings (SSSR count). The molecule has 0 aliphatic carbocycles. The van der Waals surface area contributed by atoms with Crippen LogP contribution in [0.15, 0.2) is 66.9 Å². The molecule has 0 fully saturated rings. The van der Waals surface area contributed by atoms with Gasteiger partial charge in [-0.25, -0.2) is 4.39 Å². The lowest BCUT2D eigenvalue weighted by molar-refractivity contribution is -0.121. The lowest BCUT2D eigenvalue weighted by Crippen LogP contribution is -2.27. The number of carbonyl (C=O) groups excluding carboxylic acids is 1. The SMILES string of the molecule is CCc1cccc2c([C@H](CC(=O)NCCc3ccc(OC)c(OC)c3)c3cccc(F)c3)c[nH]c12. The summed E-state index contributed by atoms with van der Waals surface area (Å²) in [6.07, 6.45) is 3.73. The van der Waals surface area contributed by atoms with E-state index in [1.54, 1.807) is 20.3 Å². The minimum atomic E-state index is -0.310. The molecule has 0 bridgehead atoms. The molecule has 0 unspecified atom stereocenters. The smallest absolute Gasteiger partial charge is 0.220 e. The van der Waals surface area contributed by atoms with Crippen molar-refractivity contribution in [3.05, 3.63) is 94.9 Å². The van der Waals surface area contributed by atoms with E-state index in [0.717, 1.165) is 34.0 Å². The number of benzene rings is 3. The van der Waals surface area contributed by atoms with E-state index in [2.05, 4.69) is 29.4 Å². The third kappa shape index (κ3) is 5.48. The molecule has 0 spiro atoms. The summed E-state index contributed by atoms with van der Waals surface area (Å²) >= 11 is 0. The van der Waals surface area contributed by atoms with Crippen LogP contribution in [0.4, 0.5) is 4.39 Å². The summed E-state index contributed by atoms with van der Waals surface area (Å²) in [4.78, 5) is 16.4. The number of hydrogen-bond donors (Lipinski definition) is 2. The molecule has 2 N–H and O–H groups in total. The molecule has 0 aliphatic rings. The normalized spacial score (nSPS) is 11.9. The first-order valence-electron chi connectivity index (χ1n) is 11.9. The van der Waals surface area contributed by atoms with Gasteiger partial charge in [-0.3, -0.25) is 4.79 Å². The van der Waals surface area contributed by atoms with Crippen LogP contribution in [0.2, 0.25) is 0 Å². The largest absolute Gasteiger partial charge is 0.493 e. The third-order valence-corrected chi connectivity index (χ3v) is 6.41. The highest BCUT2D eigenvalue weighted by Gasteiger charge is 2.22. The summed E-state index contributed by atoms with van der Waals surface area (Å²) in [5, 5.41) is 4.10. The summed E-state index contributed by atoms with van der Waals surface area (Å²) in [5.41, 5.74) is 5.10. The van der Waals surface area contributed by atoms with Gasteiger partial charge in [0, 0.05) is 36.0 Å². The average molecular weight is 475 g/mol. The predicted octanol–water partition coefficient (Wildman–Crippen LogP) is 5.77. The van der Waals surface area contributed by atoms with Crippen LogP contribution in [0.1, 0.15) is 41.5 Å². The number of rotatable bonds is 10. The Morgan fingerprint density at radius 2 is 1.83 bits per heavy atom. The van der Waals surface area contributed by atoms with Crippen LogP contribution in [-0.4, -0.2) is 31.7 Å². The average Bonchev–Trinajstić information content (AvgIpc) is 3.31. The van der Waals surface area contributed by atoms with Crippen molar-refractivity contribution >= 4 is 16.8 Å². The van der Waals surface area contributed by atoms with Gasteiger partial charge in [-0.15, -0.1) is 0 Å². The maximum atomic E-state index is 14.1. The van der Waals surface area contributed by atoms with Gasteiger partial charge < -0.3 is 19.8 Å². The summed E-state index contributed by atoms with van der Waals surface area (Å²) < 4.78 is 24.8. The molecule has 3 aromatic carbocycles. The second-order valence-corrected chi connectivity index (χ2v) is 8.54. The Morgan fingerprint density at radius 1 is 1.03 bits per heavy atom. The Hall–Kier alpha value is -3.80. The fourth-order valence-corrected chi connectivity index (χ4v) is 4.59. The van der Waals surface area contributed by atoms with Gasteiger partial charge in [-0.05, 0) is 59.4 Å². The molecule has 4 aromatic rings. The van der Waals surface area contributed by atoms with Gasteiger partial charge >= 0.3 is 0 Å². The fourth-order valence-electron chi connectivity index (χ4n) is 4.59. The van der Waals surface area contributed by atoms with E-state index in [0.29, 0.717) is 24.5 Å². The maximum absolute atomic E-state index is 14.1. The fraction of sp³-hybridized carbons (Fsp3) is 0.276. The Bertz CT molecular complexity index is 1310. The van der Waals surface area contributed by atoms with Gasteiger partial charge in [-0.1, -0.05) is 43.3 Å². The number of nitrogens with one attached hydrogen (secondary N) is 2. The molecular formula is C29H31FN2O3. The van der Waals surface area contributed by atoms with Crippen LogP contribution >= 0.6 is 0 Å². The van der Waals surface area contributed by atoms with Crippen LogP contribution in [0.25, 0.3) is 10.9 Å². The monoisotopic (exact) mass is 474 g/mol. The minimum Gasteiger partial charge on any atom is -0.493 e. The first-order valence-corrected chi connectivity index (χ1v) is 11.9. The number of H-pyrrole nitrogens is 1. The molecule has 0 saturated heterocycles. The third-order valence-electron chi connectivity index (χ3n) is 6.41. The molecular weight excluding hydrogens is 443 g/mol. The first kappa shape index (κ1) is 24.3. The van der Waals surface area contributed by atoms with Gasteiger partial charge in [0.05, 0.1) is 14.2 Å². The van der Waals surface area contributed by atoms with Crippen molar-refractivity contribution in [2.24, 2.45) is 0 Å². The Labute approximate surface area is 205 Å². The highest BCUT2D eigenvalue weighted by molar-refractivity contribution is 5.88. The zero-order valence-electron chi connectivity index (χ0n) is 20.4. The van der Waals surface area contributed by atoms with Crippen molar-refractivity contribution in [2.45, 2.75) is 32.1 Å². The topological polar surface area (TPSA) is 63.4 Å². The van der Waals surface area contributed by atoms with Gasteiger partial charge in [-0.2, -0.15) is 0 Å². The number of methoxy groups -OCH3 is 2. The van der Waals surface area contributed by atoms with E-state index in [9.17, 15) is 9.18 Å². The number of ether oxygens (including phenoxy) is 2. The molecule has 0 radical (unpaired) electrons. The standard InChI is InChI=1S/C29H31FN2O3/c1-4-20-7-6-10-23-25(18-32-29(20)23)24(21-8-5-9-22(30)16-21)17-28(33)31-14-13-19-11-12-26(34-2)27(15-19)35-3/h5-12,15-16,18,24,32H,4,13-14,17H2,1-3H3,(H,31,33)/t24-/m1/s1. The van der Waals surface area contributed by atoms with Gasteiger partial charge in [0.25, 0.3) is 0 Å². The number of aromatic nitrogens is 1. The second-order valence-electron chi connectivity index (χ2n) is 8.54. The Balaban J connectivity index is 1.52. The highest BCUT2D eigenvalue weighted by atomic mass is 19.1. The molecule has 6 heteroatoms. The van der Waals surface area contributed by atoms with Crippen molar-refractivity contribution in [2.75, 3.05) is 20.8 Å². The maximum Gasteiger partial charge on any atom is 0.220 e. The lowest BCUT2D eigenvalue weighted by atomic mass is 9.87. The van der Waals surface area contributed by atoms with Crippen LogP contribution in [0.3, 0.4) is 0 Å². The second kappa shape index (κ2) is 11.1. The summed E-state index contributed by atoms with van der Waals surface area (Å²) in [6.45, 7) is 2.60. The van der Waals surface area contributed by atoms with Crippen LogP contribution in [0.5, 0.6) is 11.5 Å². The van der Waals surface area contributed by atoms with Crippen molar-refractivity contribution in [1.29, 1.82) is 0 Å². The molecule has 35 heavy (non-hydrogen) atoms. The number of aryl methyl sites for hydroxylation is 1. The minimum absolute atomic E-state index is 0.0827. The first-order chi connectivity index (χ1) is 17.0. The van der Waals surface area contributed by atoms with Gasteiger partial charge in [0.1, 0.15) is 5.82 Å². The van der Waals surface area contributed by atoms with E-state index in [4.69, 9.17) is 9.47 Å². The molecule has 1 atom stereocenters. The van der Waals surface area contributed by atoms with Crippen molar-refractivity contribution in [3.8, 4) is 11.5 Å². The van der Waals surface area contributed by atoms with Gasteiger partial charge in [0.2, 0.25) is 5.91 Å². The summed E-state index contributed by atoms with van der Waals surface area (Å²) in [7, 11) is 3.20. The van der Waals surface area contributed by atoms with E-state index in [1.165, 1.54) is 17.7 Å². The van der Waals surface area contributed by atoms with E-state index < -0.39 is 0 Å². The summed E-state index contributed by atoms with van der Waals surface area (Å²) in [5.74, 6) is 0.667. The number of hydrogen-bond acceptors (Lipinski definition) is 3.